The number of aliphatic carboxylic acids is 1. The molecular weight excluding hydrogens is 376 g/mol. The number of amides is 2. The second-order valence-electron chi connectivity index (χ2n) is 5.45. The molecule has 0 radical (unpaired) electrons. The third kappa shape index (κ3) is 4.83. The Morgan fingerprint density at radius 2 is 2.12 bits per heavy atom. The molecule has 1 fully saturated rings. The quantitative estimate of drug-likeness (QED) is 0.538. The first-order chi connectivity index (χ1) is 12.3. The maximum atomic E-state index is 12.5. The van der Waals surface area contributed by atoms with Gasteiger partial charge in [0.2, 0.25) is 5.91 Å². The molecule has 0 spiro atoms. The van der Waals surface area contributed by atoms with Crippen molar-refractivity contribution < 1.29 is 24.2 Å². The summed E-state index contributed by atoms with van der Waals surface area (Å²) in [6.45, 7) is 1.46. The largest absolute Gasteiger partial charge is 0.496 e. The lowest BCUT2D eigenvalue weighted by Crippen LogP contribution is -2.40. The van der Waals surface area contributed by atoms with Crippen LogP contribution in [0, 0.1) is 0 Å². The van der Waals surface area contributed by atoms with Gasteiger partial charge >= 0.3 is 5.97 Å². The van der Waals surface area contributed by atoms with Gasteiger partial charge in [-0.15, -0.1) is 0 Å². The number of thioether (sulfide) groups is 1. The van der Waals surface area contributed by atoms with Gasteiger partial charge in [0.05, 0.1) is 12.0 Å². The number of carboxylic acids is 1. The van der Waals surface area contributed by atoms with E-state index in [2.05, 4.69) is 5.32 Å². The molecule has 2 amide bonds. The monoisotopic (exact) mass is 394 g/mol. The highest BCUT2D eigenvalue weighted by atomic mass is 32.2. The van der Waals surface area contributed by atoms with E-state index in [1.807, 2.05) is 18.2 Å². The lowest BCUT2D eigenvalue weighted by molar-refractivity contribution is -0.141. The van der Waals surface area contributed by atoms with Gasteiger partial charge in [-0.25, -0.2) is 0 Å². The minimum absolute atomic E-state index is 0.0357. The van der Waals surface area contributed by atoms with E-state index in [4.69, 9.17) is 22.1 Å². The van der Waals surface area contributed by atoms with Crippen LogP contribution in [-0.2, 0) is 14.4 Å². The van der Waals surface area contributed by atoms with Crippen molar-refractivity contribution in [1.29, 1.82) is 0 Å². The van der Waals surface area contributed by atoms with Crippen LogP contribution in [-0.4, -0.2) is 51.8 Å². The summed E-state index contributed by atoms with van der Waals surface area (Å²) < 4.78 is 5.62. The van der Waals surface area contributed by atoms with Crippen LogP contribution in [0.4, 0.5) is 0 Å². The number of methoxy groups -OCH3 is 1. The summed E-state index contributed by atoms with van der Waals surface area (Å²) in [6.07, 6.45) is 1.66. The fourth-order valence-electron chi connectivity index (χ4n) is 2.21. The number of thiocarbonyl (C=S) groups is 1. The SMILES string of the molecule is COc1ccccc1/C=C1\SC(=S)N(CCC(=O)NC(C)C(=O)O)C1=O. The van der Waals surface area contributed by atoms with Crippen LogP contribution >= 0.6 is 24.0 Å². The molecule has 26 heavy (non-hydrogen) atoms. The molecule has 9 heteroatoms. The summed E-state index contributed by atoms with van der Waals surface area (Å²) in [7, 11) is 1.55. The number of para-hydroxylation sites is 1. The molecule has 2 rings (SSSR count). The van der Waals surface area contributed by atoms with Crippen molar-refractivity contribution in [2.45, 2.75) is 19.4 Å². The average Bonchev–Trinajstić information content (AvgIpc) is 2.87. The van der Waals surface area contributed by atoms with Crippen molar-refractivity contribution in [3.05, 3.63) is 34.7 Å². The highest BCUT2D eigenvalue weighted by Crippen LogP contribution is 2.34. The molecule has 7 nitrogen and oxygen atoms in total. The molecule has 1 aromatic rings. The molecular formula is C17H18N2O5S2. The molecule has 0 aromatic heterocycles. The number of benzene rings is 1. The van der Waals surface area contributed by atoms with Crippen LogP contribution in [0.3, 0.4) is 0 Å². The van der Waals surface area contributed by atoms with Gasteiger partial charge in [0.25, 0.3) is 5.91 Å². The smallest absolute Gasteiger partial charge is 0.325 e. The Kier molecular flexibility index (Phi) is 6.76. The minimum Gasteiger partial charge on any atom is -0.496 e. The topological polar surface area (TPSA) is 95.9 Å². The summed E-state index contributed by atoms with van der Waals surface area (Å²) in [6, 6.07) is 6.30. The normalized spacial score (nSPS) is 16.7. The van der Waals surface area contributed by atoms with Gasteiger partial charge in [-0.3, -0.25) is 19.3 Å². The van der Waals surface area contributed by atoms with Crippen molar-refractivity contribution in [2.75, 3.05) is 13.7 Å². The number of hydrogen-bond acceptors (Lipinski definition) is 6. The molecule has 1 saturated heterocycles. The molecule has 2 N–H and O–H groups in total. The first kappa shape index (κ1) is 19.9. The Balaban J connectivity index is 2.03. The summed E-state index contributed by atoms with van der Waals surface area (Å²) in [4.78, 5) is 36.9. The van der Waals surface area contributed by atoms with Crippen molar-refractivity contribution in [3.8, 4) is 5.75 Å². The van der Waals surface area contributed by atoms with E-state index >= 15 is 0 Å². The van der Waals surface area contributed by atoms with Gasteiger partial charge in [-0.2, -0.15) is 0 Å². The summed E-state index contributed by atoms with van der Waals surface area (Å²) in [5.74, 6) is -1.23. The molecule has 1 heterocycles. The van der Waals surface area contributed by atoms with Crippen molar-refractivity contribution in [1.82, 2.24) is 10.2 Å². The standard InChI is InChI=1S/C17H18N2O5S2/c1-10(16(22)23)18-14(20)7-8-19-15(21)13(26-17(19)25)9-11-5-3-4-6-12(11)24-2/h3-6,9-10H,7-8H2,1-2H3,(H,18,20)(H,22,23)/b13-9-. The highest BCUT2D eigenvalue weighted by Gasteiger charge is 2.32. The highest BCUT2D eigenvalue weighted by molar-refractivity contribution is 8.26. The van der Waals surface area contributed by atoms with Crippen LogP contribution in [0.5, 0.6) is 5.75 Å². The van der Waals surface area contributed by atoms with Crippen LogP contribution in [0.25, 0.3) is 6.08 Å². The zero-order valence-corrected chi connectivity index (χ0v) is 15.9. The fraction of sp³-hybridized carbons (Fsp3) is 0.294. The van der Waals surface area contributed by atoms with Crippen LogP contribution in [0.1, 0.15) is 18.9 Å². The molecule has 1 aromatic carbocycles. The first-order valence-corrected chi connectivity index (χ1v) is 8.96. The number of nitrogens with one attached hydrogen (secondary N) is 1. The maximum Gasteiger partial charge on any atom is 0.325 e. The van der Waals surface area contributed by atoms with E-state index in [9.17, 15) is 14.4 Å². The predicted octanol–water partition coefficient (Wildman–Crippen LogP) is 1.88. The Morgan fingerprint density at radius 3 is 2.77 bits per heavy atom. The predicted molar refractivity (Wildman–Crippen MR) is 103 cm³/mol. The number of rotatable bonds is 7. The molecule has 1 atom stereocenters. The van der Waals surface area contributed by atoms with Crippen LogP contribution in [0.2, 0.25) is 0 Å². The van der Waals surface area contributed by atoms with Crippen LogP contribution < -0.4 is 10.1 Å². The second kappa shape index (κ2) is 8.81. The zero-order valence-electron chi connectivity index (χ0n) is 14.2. The van der Waals surface area contributed by atoms with E-state index in [0.29, 0.717) is 15.0 Å². The fourth-order valence-corrected chi connectivity index (χ4v) is 3.51. The Bertz CT molecular complexity index is 778. The van der Waals surface area contributed by atoms with E-state index in [1.54, 1.807) is 19.3 Å². The number of hydrogen-bond donors (Lipinski definition) is 2. The zero-order chi connectivity index (χ0) is 19.3. The van der Waals surface area contributed by atoms with Gasteiger partial charge in [-0.1, -0.05) is 42.2 Å². The summed E-state index contributed by atoms with van der Waals surface area (Å²) in [5, 5.41) is 11.1. The molecule has 138 valence electrons. The van der Waals surface area contributed by atoms with Gasteiger partial charge in [0.15, 0.2) is 0 Å². The summed E-state index contributed by atoms with van der Waals surface area (Å²) in [5.41, 5.74) is 0.753. The lowest BCUT2D eigenvalue weighted by Gasteiger charge is -2.15. The molecule has 1 aliphatic rings. The molecule has 1 unspecified atom stereocenters. The van der Waals surface area contributed by atoms with Gasteiger partial charge in [0.1, 0.15) is 16.1 Å². The number of nitrogens with zero attached hydrogens (tertiary/aromatic N) is 1. The number of ether oxygens (including phenoxy) is 1. The Hall–Kier alpha value is -2.39. The third-order valence-corrected chi connectivity index (χ3v) is 4.99. The lowest BCUT2D eigenvalue weighted by atomic mass is 10.2. The molecule has 1 aliphatic heterocycles. The number of carbonyl (C=O) groups excluding carboxylic acids is 2. The average molecular weight is 394 g/mol. The molecule has 0 saturated carbocycles. The van der Waals surface area contributed by atoms with Crippen molar-refractivity contribution in [2.24, 2.45) is 0 Å². The van der Waals surface area contributed by atoms with Gasteiger partial charge < -0.3 is 15.2 Å². The van der Waals surface area contributed by atoms with E-state index < -0.39 is 17.9 Å². The van der Waals surface area contributed by atoms with Gasteiger partial charge in [-0.05, 0) is 19.1 Å². The maximum absolute atomic E-state index is 12.5. The Labute approximate surface area is 160 Å². The second-order valence-corrected chi connectivity index (χ2v) is 7.13. The number of carbonyl (C=O) groups is 3. The first-order valence-electron chi connectivity index (χ1n) is 7.74. The molecule has 0 bridgehead atoms. The third-order valence-electron chi connectivity index (χ3n) is 3.61. The van der Waals surface area contributed by atoms with Crippen molar-refractivity contribution in [3.63, 3.8) is 0 Å². The van der Waals surface area contributed by atoms with Crippen LogP contribution in [0.15, 0.2) is 29.2 Å². The van der Waals surface area contributed by atoms with Gasteiger partial charge in [0, 0.05) is 18.5 Å². The summed E-state index contributed by atoms with van der Waals surface area (Å²) >= 11 is 6.38. The van der Waals surface area contributed by atoms with E-state index in [0.717, 1.165) is 17.3 Å². The molecule has 0 aliphatic carbocycles. The minimum atomic E-state index is -1.12. The van der Waals surface area contributed by atoms with E-state index in [1.165, 1.54) is 11.8 Å². The Morgan fingerprint density at radius 1 is 1.42 bits per heavy atom. The van der Waals surface area contributed by atoms with Crippen molar-refractivity contribution >= 4 is 52.2 Å². The van der Waals surface area contributed by atoms with E-state index in [-0.39, 0.29) is 18.9 Å². The number of carboxylic acid groups (broad SMARTS) is 1.